The first-order chi connectivity index (χ1) is 16.4. The maximum Gasteiger partial charge on any atom is 0.407 e. The van der Waals surface area contributed by atoms with E-state index in [1.54, 1.807) is 7.11 Å². The number of benzene rings is 1. The number of methoxy groups -OCH3 is 1. The SMILES string of the molecule is COc1nc(N2CCOCC2C)cc(-n2ncc3cc(C)c(C4CCN(C(=O)O)CC4)cc32)n1. The van der Waals surface area contributed by atoms with Crippen LogP contribution in [0.3, 0.4) is 0 Å². The van der Waals surface area contributed by atoms with Crippen LogP contribution < -0.4 is 9.64 Å². The summed E-state index contributed by atoms with van der Waals surface area (Å²) in [5.41, 5.74) is 3.40. The van der Waals surface area contributed by atoms with Crippen LogP contribution in [0.2, 0.25) is 0 Å². The van der Waals surface area contributed by atoms with Crippen molar-refractivity contribution in [1.29, 1.82) is 0 Å². The van der Waals surface area contributed by atoms with E-state index < -0.39 is 6.09 Å². The molecule has 5 rings (SSSR count). The van der Waals surface area contributed by atoms with Gasteiger partial charge in [-0.15, -0.1) is 0 Å². The summed E-state index contributed by atoms with van der Waals surface area (Å²) in [6, 6.07) is 6.78. The van der Waals surface area contributed by atoms with Gasteiger partial charge in [0.1, 0.15) is 5.82 Å². The molecule has 180 valence electrons. The van der Waals surface area contributed by atoms with E-state index in [4.69, 9.17) is 9.47 Å². The molecule has 10 heteroatoms. The van der Waals surface area contributed by atoms with E-state index >= 15 is 0 Å². The number of hydrogen-bond donors (Lipinski definition) is 1. The van der Waals surface area contributed by atoms with Crippen LogP contribution in [0.15, 0.2) is 24.4 Å². The summed E-state index contributed by atoms with van der Waals surface area (Å²) >= 11 is 0. The minimum absolute atomic E-state index is 0.196. The number of aromatic nitrogens is 4. The predicted octanol–water partition coefficient (Wildman–Crippen LogP) is 3.22. The van der Waals surface area contributed by atoms with E-state index in [1.165, 1.54) is 16.0 Å². The molecule has 2 saturated heterocycles. The number of nitrogens with zero attached hydrogens (tertiary/aromatic N) is 6. The molecule has 0 saturated carbocycles. The first kappa shape index (κ1) is 22.4. The number of likely N-dealkylation sites (tertiary alicyclic amines) is 1. The third-order valence-corrected chi connectivity index (χ3v) is 6.90. The number of hydrogen-bond acceptors (Lipinski definition) is 7. The number of carbonyl (C=O) groups is 1. The van der Waals surface area contributed by atoms with E-state index in [0.717, 1.165) is 36.1 Å². The van der Waals surface area contributed by atoms with Crippen molar-refractivity contribution in [2.24, 2.45) is 0 Å². The second kappa shape index (κ2) is 9.09. The Bertz CT molecular complexity index is 1200. The van der Waals surface area contributed by atoms with E-state index in [0.29, 0.717) is 44.0 Å². The molecule has 2 fully saturated rings. The fourth-order valence-electron chi connectivity index (χ4n) is 5.02. The lowest BCUT2D eigenvalue weighted by molar-refractivity contribution is 0.0984. The van der Waals surface area contributed by atoms with Gasteiger partial charge in [-0.2, -0.15) is 15.1 Å². The Kier molecular flexibility index (Phi) is 5.99. The van der Waals surface area contributed by atoms with E-state index in [2.05, 4.69) is 45.9 Å². The molecular weight excluding hydrogens is 436 g/mol. The molecule has 1 atom stereocenters. The number of amides is 1. The third-order valence-electron chi connectivity index (χ3n) is 6.90. The van der Waals surface area contributed by atoms with Crippen LogP contribution in [-0.2, 0) is 4.74 Å². The average Bonchev–Trinajstić information content (AvgIpc) is 3.26. The molecule has 10 nitrogen and oxygen atoms in total. The highest BCUT2D eigenvalue weighted by atomic mass is 16.5. The van der Waals surface area contributed by atoms with Crippen molar-refractivity contribution in [2.45, 2.75) is 38.6 Å². The summed E-state index contributed by atoms with van der Waals surface area (Å²) in [5.74, 6) is 1.74. The first-order valence-electron chi connectivity index (χ1n) is 11.7. The lowest BCUT2D eigenvalue weighted by Crippen LogP contribution is -2.44. The first-order valence-corrected chi connectivity index (χ1v) is 11.7. The molecule has 0 aliphatic carbocycles. The maximum atomic E-state index is 11.3. The van der Waals surface area contributed by atoms with Gasteiger partial charge in [0, 0.05) is 31.1 Å². The Morgan fingerprint density at radius 2 is 1.91 bits per heavy atom. The standard InChI is InChI=1S/C24H30N6O4/c1-15-10-18-13-25-30(20(18)11-19(15)17-4-6-28(7-5-17)24(31)32)22-12-21(26-23(27-22)33-3)29-8-9-34-14-16(29)2/h10-13,16-17H,4-9,14H2,1-3H3,(H,31,32). The molecule has 0 radical (unpaired) electrons. The molecule has 4 heterocycles. The smallest absolute Gasteiger partial charge is 0.407 e. The van der Waals surface area contributed by atoms with Crippen molar-refractivity contribution in [3.05, 3.63) is 35.5 Å². The van der Waals surface area contributed by atoms with Crippen molar-refractivity contribution in [2.75, 3.05) is 44.9 Å². The van der Waals surface area contributed by atoms with Crippen LogP contribution in [0.5, 0.6) is 6.01 Å². The summed E-state index contributed by atoms with van der Waals surface area (Å²) in [6.07, 6.45) is 2.64. The topological polar surface area (TPSA) is 106 Å². The summed E-state index contributed by atoms with van der Waals surface area (Å²) < 4.78 is 12.8. The van der Waals surface area contributed by atoms with Gasteiger partial charge >= 0.3 is 12.1 Å². The molecule has 0 bridgehead atoms. The molecule has 1 aromatic carbocycles. The number of morpholine rings is 1. The zero-order valence-corrected chi connectivity index (χ0v) is 19.8. The van der Waals surface area contributed by atoms with Gasteiger partial charge in [0.25, 0.3) is 0 Å². The van der Waals surface area contributed by atoms with Gasteiger partial charge in [-0.3, -0.25) is 0 Å². The summed E-state index contributed by atoms with van der Waals surface area (Å²) in [5, 5.41) is 15.0. The zero-order valence-electron chi connectivity index (χ0n) is 19.8. The van der Waals surface area contributed by atoms with E-state index in [1.807, 2.05) is 16.9 Å². The number of rotatable bonds is 4. The van der Waals surface area contributed by atoms with Crippen LogP contribution in [0.1, 0.15) is 36.8 Å². The van der Waals surface area contributed by atoms with Crippen molar-refractivity contribution < 1.29 is 19.4 Å². The third kappa shape index (κ3) is 4.13. The van der Waals surface area contributed by atoms with Gasteiger partial charge in [-0.25, -0.2) is 9.48 Å². The van der Waals surface area contributed by atoms with Gasteiger partial charge < -0.3 is 24.4 Å². The van der Waals surface area contributed by atoms with E-state index in [-0.39, 0.29) is 6.04 Å². The Labute approximate surface area is 198 Å². The molecule has 0 spiro atoms. The minimum atomic E-state index is -0.841. The van der Waals surface area contributed by atoms with Gasteiger partial charge in [-0.1, -0.05) is 0 Å². The quantitative estimate of drug-likeness (QED) is 0.625. The van der Waals surface area contributed by atoms with Crippen molar-refractivity contribution in [3.8, 4) is 11.8 Å². The largest absolute Gasteiger partial charge is 0.467 e. The van der Waals surface area contributed by atoms with Crippen LogP contribution in [0.4, 0.5) is 10.6 Å². The molecule has 1 N–H and O–H groups in total. The summed E-state index contributed by atoms with van der Waals surface area (Å²) in [7, 11) is 1.57. The number of fused-ring (bicyclic) bond motifs is 1. The molecule has 2 aromatic heterocycles. The Morgan fingerprint density at radius 3 is 2.62 bits per heavy atom. The van der Waals surface area contributed by atoms with Crippen molar-refractivity contribution >= 4 is 22.8 Å². The fourth-order valence-corrected chi connectivity index (χ4v) is 5.02. The summed E-state index contributed by atoms with van der Waals surface area (Å²) in [6.45, 7) is 7.39. The second-order valence-corrected chi connectivity index (χ2v) is 9.06. The van der Waals surface area contributed by atoms with Gasteiger partial charge in [0.15, 0.2) is 5.82 Å². The molecule has 1 unspecified atom stereocenters. The number of ether oxygens (including phenoxy) is 2. The summed E-state index contributed by atoms with van der Waals surface area (Å²) in [4.78, 5) is 24.2. The Balaban J connectivity index is 1.52. The number of aryl methyl sites for hydroxylation is 1. The van der Waals surface area contributed by atoms with Gasteiger partial charge in [0.05, 0.1) is 38.1 Å². The minimum Gasteiger partial charge on any atom is -0.467 e. The normalized spacial score (nSPS) is 19.6. The van der Waals surface area contributed by atoms with Crippen LogP contribution in [0.25, 0.3) is 16.7 Å². The number of carboxylic acid groups (broad SMARTS) is 1. The van der Waals surface area contributed by atoms with Crippen molar-refractivity contribution in [1.82, 2.24) is 24.6 Å². The number of piperidine rings is 1. The zero-order chi connectivity index (χ0) is 23.8. The Hall–Kier alpha value is -3.40. The second-order valence-electron chi connectivity index (χ2n) is 9.06. The van der Waals surface area contributed by atoms with Gasteiger partial charge in [-0.05, 0) is 55.9 Å². The fraction of sp³-hybridized carbons (Fsp3) is 0.500. The highest BCUT2D eigenvalue weighted by Gasteiger charge is 2.26. The maximum absolute atomic E-state index is 11.3. The van der Waals surface area contributed by atoms with Crippen LogP contribution in [0, 0.1) is 6.92 Å². The molecule has 1 amide bonds. The molecule has 2 aliphatic heterocycles. The van der Waals surface area contributed by atoms with Crippen molar-refractivity contribution in [3.63, 3.8) is 0 Å². The molecule has 3 aromatic rings. The predicted molar refractivity (Wildman–Crippen MR) is 127 cm³/mol. The lowest BCUT2D eigenvalue weighted by Gasteiger charge is -2.34. The highest BCUT2D eigenvalue weighted by Crippen LogP contribution is 2.34. The highest BCUT2D eigenvalue weighted by molar-refractivity contribution is 5.82. The van der Waals surface area contributed by atoms with Crippen LogP contribution in [-0.4, -0.2) is 81.8 Å². The lowest BCUT2D eigenvalue weighted by atomic mass is 9.86. The van der Waals surface area contributed by atoms with Crippen LogP contribution >= 0.6 is 0 Å². The molecular formula is C24H30N6O4. The molecule has 34 heavy (non-hydrogen) atoms. The molecule has 2 aliphatic rings. The number of anilines is 1. The monoisotopic (exact) mass is 466 g/mol. The average molecular weight is 467 g/mol. The Morgan fingerprint density at radius 1 is 1.15 bits per heavy atom. The van der Waals surface area contributed by atoms with E-state index in [9.17, 15) is 9.90 Å². The van der Waals surface area contributed by atoms with Gasteiger partial charge in [0.2, 0.25) is 0 Å².